The summed E-state index contributed by atoms with van der Waals surface area (Å²) in [6.45, 7) is 3.71. The van der Waals surface area contributed by atoms with E-state index in [0.29, 0.717) is 32.1 Å². The Morgan fingerprint density at radius 3 is 2.94 bits per heavy atom. The fraction of sp³-hybridized carbons (Fsp3) is 0.750. The summed E-state index contributed by atoms with van der Waals surface area (Å²) in [4.78, 5) is 11.7. The standard InChI is InChI=1S/C12H21NO4/c1-2-3-10(4-5-14)8-13-12(15)11-9-16-6-7-17-11/h9-10,14H,2-8H2,1H3,(H,13,15). The minimum atomic E-state index is -0.247. The van der Waals surface area contributed by atoms with Crippen LogP contribution in [0.5, 0.6) is 0 Å². The van der Waals surface area contributed by atoms with E-state index in [0.717, 1.165) is 12.8 Å². The van der Waals surface area contributed by atoms with E-state index >= 15 is 0 Å². The number of rotatable bonds is 7. The summed E-state index contributed by atoms with van der Waals surface area (Å²) in [6, 6.07) is 0. The molecule has 1 rings (SSSR count). The molecule has 1 amide bonds. The molecule has 0 fully saturated rings. The van der Waals surface area contributed by atoms with Crippen molar-refractivity contribution in [3.05, 3.63) is 12.0 Å². The molecule has 0 aromatic heterocycles. The second kappa shape index (κ2) is 7.95. The van der Waals surface area contributed by atoms with E-state index in [1.807, 2.05) is 0 Å². The van der Waals surface area contributed by atoms with Gasteiger partial charge in [0, 0.05) is 13.2 Å². The maximum atomic E-state index is 11.7. The van der Waals surface area contributed by atoms with Crippen LogP contribution in [-0.4, -0.2) is 37.4 Å². The summed E-state index contributed by atoms with van der Waals surface area (Å²) < 4.78 is 10.2. The van der Waals surface area contributed by atoms with Gasteiger partial charge in [-0.2, -0.15) is 0 Å². The third kappa shape index (κ3) is 5.08. The number of hydrogen-bond acceptors (Lipinski definition) is 4. The van der Waals surface area contributed by atoms with Gasteiger partial charge in [0.2, 0.25) is 5.76 Å². The minimum absolute atomic E-state index is 0.156. The van der Waals surface area contributed by atoms with Crippen LogP contribution in [0.1, 0.15) is 26.2 Å². The molecule has 1 aliphatic rings. The molecule has 0 aromatic rings. The highest BCUT2D eigenvalue weighted by molar-refractivity contribution is 5.91. The highest BCUT2D eigenvalue weighted by atomic mass is 16.6. The molecule has 98 valence electrons. The van der Waals surface area contributed by atoms with Crippen molar-refractivity contribution in [3.63, 3.8) is 0 Å². The highest BCUT2D eigenvalue weighted by Gasteiger charge is 2.16. The van der Waals surface area contributed by atoms with Gasteiger partial charge in [0.05, 0.1) is 0 Å². The first-order valence-electron chi connectivity index (χ1n) is 6.11. The van der Waals surface area contributed by atoms with Gasteiger partial charge in [0.15, 0.2) is 0 Å². The zero-order valence-electron chi connectivity index (χ0n) is 10.3. The summed E-state index contributed by atoms with van der Waals surface area (Å²) in [5, 5.41) is 11.7. The number of aliphatic hydroxyl groups is 1. The van der Waals surface area contributed by atoms with Gasteiger partial charge in [-0.1, -0.05) is 13.3 Å². The van der Waals surface area contributed by atoms with Crippen molar-refractivity contribution < 1.29 is 19.4 Å². The molecule has 0 saturated heterocycles. The molecule has 0 spiro atoms. The van der Waals surface area contributed by atoms with Crippen molar-refractivity contribution in [2.75, 3.05) is 26.4 Å². The lowest BCUT2D eigenvalue weighted by Crippen LogP contribution is -2.32. The lowest BCUT2D eigenvalue weighted by Gasteiger charge is -2.18. The Hall–Kier alpha value is -1.23. The Morgan fingerprint density at radius 1 is 1.53 bits per heavy atom. The van der Waals surface area contributed by atoms with Crippen molar-refractivity contribution in [3.8, 4) is 0 Å². The third-order valence-electron chi connectivity index (χ3n) is 2.66. The summed E-state index contributed by atoms with van der Waals surface area (Å²) in [7, 11) is 0. The largest absolute Gasteiger partial charge is 0.494 e. The van der Waals surface area contributed by atoms with Crippen molar-refractivity contribution >= 4 is 5.91 Å². The van der Waals surface area contributed by atoms with Crippen molar-refractivity contribution in [1.82, 2.24) is 5.32 Å². The second-order valence-corrected chi connectivity index (χ2v) is 4.08. The van der Waals surface area contributed by atoms with Crippen LogP contribution in [0.25, 0.3) is 0 Å². The van der Waals surface area contributed by atoms with Crippen LogP contribution < -0.4 is 5.32 Å². The summed E-state index contributed by atoms with van der Waals surface area (Å²) >= 11 is 0. The van der Waals surface area contributed by atoms with Crippen LogP contribution >= 0.6 is 0 Å². The molecule has 1 heterocycles. The van der Waals surface area contributed by atoms with Crippen molar-refractivity contribution in [2.24, 2.45) is 5.92 Å². The van der Waals surface area contributed by atoms with Crippen LogP contribution in [0.2, 0.25) is 0 Å². The van der Waals surface area contributed by atoms with Crippen LogP contribution in [0, 0.1) is 5.92 Å². The molecular formula is C12H21NO4. The Kier molecular flexibility index (Phi) is 6.47. The normalized spacial score (nSPS) is 16.5. The topological polar surface area (TPSA) is 67.8 Å². The number of hydrogen-bond donors (Lipinski definition) is 2. The van der Waals surface area contributed by atoms with E-state index < -0.39 is 0 Å². The fourth-order valence-corrected chi connectivity index (χ4v) is 1.75. The van der Waals surface area contributed by atoms with Gasteiger partial charge in [0.1, 0.15) is 19.5 Å². The van der Waals surface area contributed by atoms with Crippen molar-refractivity contribution in [2.45, 2.75) is 26.2 Å². The summed E-state index contributed by atoms with van der Waals surface area (Å²) in [6.07, 6.45) is 4.10. The molecule has 5 nitrogen and oxygen atoms in total. The van der Waals surface area contributed by atoms with Gasteiger partial charge in [-0.15, -0.1) is 0 Å². The SMILES string of the molecule is CCCC(CCO)CNC(=O)C1=COCCO1. The summed E-state index contributed by atoms with van der Waals surface area (Å²) in [5.74, 6) is 0.304. The monoisotopic (exact) mass is 243 g/mol. The molecule has 0 saturated carbocycles. The summed E-state index contributed by atoms with van der Waals surface area (Å²) in [5.41, 5.74) is 0. The smallest absolute Gasteiger partial charge is 0.289 e. The fourth-order valence-electron chi connectivity index (χ4n) is 1.75. The maximum absolute atomic E-state index is 11.7. The van der Waals surface area contributed by atoms with Gasteiger partial charge < -0.3 is 19.9 Å². The van der Waals surface area contributed by atoms with Crippen LogP contribution in [0.4, 0.5) is 0 Å². The van der Waals surface area contributed by atoms with Gasteiger partial charge in [-0.25, -0.2) is 0 Å². The quantitative estimate of drug-likeness (QED) is 0.693. The first-order chi connectivity index (χ1) is 8.27. The molecule has 0 aliphatic carbocycles. The van der Waals surface area contributed by atoms with Crippen LogP contribution in [-0.2, 0) is 14.3 Å². The number of amides is 1. The Labute approximate surface area is 102 Å². The van der Waals surface area contributed by atoms with Crippen molar-refractivity contribution in [1.29, 1.82) is 0 Å². The maximum Gasteiger partial charge on any atom is 0.289 e. The molecule has 0 bridgehead atoms. The highest BCUT2D eigenvalue weighted by Crippen LogP contribution is 2.10. The Bertz CT molecular complexity index is 259. The second-order valence-electron chi connectivity index (χ2n) is 4.08. The number of ether oxygens (including phenoxy) is 2. The molecule has 0 radical (unpaired) electrons. The van der Waals surface area contributed by atoms with Gasteiger partial charge in [-0.05, 0) is 18.8 Å². The molecule has 5 heteroatoms. The van der Waals surface area contributed by atoms with E-state index in [1.165, 1.54) is 6.26 Å². The zero-order chi connectivity index (χ0) is 12.5. The average molecular weight is 243 g/mol. The molecule has 1 atom stereocenters. The zero-order valence-corrected chi connectivity index (χ0v) is 10.3. The lowest BCUT2D eigenvalue weighted by molar-refractivity contribution is -0.122. The predicted octanol–water partition coefficient (Wildman–Crippen LogP) is 0.789. The van der Waals surface area contributed by atoms with E-state index in [1.54, 1.807) is 0 Å². The van der Waals surface area contributed by atoms with Gasteiger partial charge in [-0.3, -0.25) is 4.79 Å². The molecule has 1 unspecified atom stereocenters. The number of carbonyl (C=O) groups excluding carboxylic acids is 1. The molecule has 2 N–H and O–H groups in total. The molecular weight excluding hydrogens is 222 g/mol. The minimum Gasteiger partial charge on any atom is -0.494 e. The van der Waals surface area contributed by atoms with Crippen LogP contribution in [0.3, 0.4) is 0 Å². The van der Waals surface area contributed by atoms with Crippen LogP contribution in [0.15, 0.2) is 12.0 Å². The van der Waals surface area contributed by atoms with E-state index in [9.17, 15) is 4.79 Å². The van der Waals surface area contributed by atoms with E-state index in [-0.39, 0.29) is 18.3 Å². The number of nitrogens with one attached hydrogen (secondary N) is 1. The predicted molar refractivity (Wildman–Crippen MR) is 63.1 cm³/mol. The lowest BCUT2D eigenvalue weighted by atomic mass is 10.0. The number of carbonyl (C=O) groups is 1. The molecule has 1 aliphatic heterocycles. The molecule has 17 heavy (non-hydrogen) atoms. The average Bonchev–Trinajstić information content (AvgIpc) is 2.37. The van der Waals surface area contributed by atoms with Gasteiger partial charge in [0.25, 0.3) is 5.91 Å². The Balaban J connectivity index is 2.31. The third-order valence-corrected chi connectivity index (χ3v) is 2.66. The molecule has 0 aromatic carbocycles. The van der Waals surface area contributed by atoms with Gasteiger partial charge >= 0.3 is 0 Å². The first kappa shape index (κ1) is 13.8. The van der Waals surface area contributed by atoms with E-state index in [2.05, 4.69) is 12.2 Å². The first-order valence-corrected chi connectivity index (χ1v) is 6.11. The Morgan fingerprint density at radius 2 is 2.35 bits per heavy atom. The van der Waals surface area contributed by atoms with E-state index in [4.69, 9.17) is 14.6 Å². The number of aliphatic hydroxyl groups excluding tert-OH is 1.